The maximum atomic E-state index is 6.01. The highest BCUT2D eigenvalue weighted by atomic mass is 32.2. The first kappa shape index (κ1) is 10.8. The van der Waals surface area contributed by atoms with E-state index in [-0.39, 0.29) is 0 Å². The van der Waals surface area contributed by atoms with Gasteiger partial charge >= 0.3 is 0 Å². The van der Waals surface area contributed by atoms with E-state index in [4.69, 9.17) is 5.73 Å². The molecule has 0 aliphatic carbocycles. The SMILES string of the molecule is Cc1ncc2nc(N)n(C3CCSCC3)c2n1. The van der Waals surface area contributed by atoms with Crippen molar-refractivity contribution >= 4 is 28.9 Å². The molecule has 1 fully saturated rings. The Morgan fingerprint density at radius 1 is 1.35 bits per heavy atom. The van der Waals surface area contributed by atoms with Crippen LogP contribution in [0.15, 0.2) is 6.20 Å². The average Bonchev–Trinajstić information content (AvgIpc) is 2.65. The fourth-order valence-corrected chi connectivity index (χ4v) is 3.38. The van der Waals surface area contributed by atoms with Crippen molar-refractivity contribution in [2.75, 3.05) is 17.2 Å². The summed E-state index contributed by atoms with van der Waals surface area (Å²) >= 11 is 2.00. The number of rotatable bonds is 1. The number of aromatic nitrogens is 4. The highest BCUT2D eigenvalue weighted by Crippen LogP contribution is 2.31. The number of hydrogen-bond acceptors (Lipinski definition) is 5. The van der Waals surface area contributed by atoms with Gasteiger partial charge in [0.2, 0.25) is 5.95 Å². The van der Waals surface area contributed by atoms with Crippen LogP contribution in [-0.4, -0.2) is 31.0 Å². The Morgan fingerprint density at radius 2 is 2.12 bits per heavy atom. The molecular weight excluding hydrogens is 234 g/mol. The number of nitrogens with two attached hydrogens (primary N) is 1. The van der Waals surface area contributed by atoms with Crippen LogP contribution in [-0.2, 0) is 0 Å². The van der Waals surface area contributed by atoms with Crippen molar-refractivity contribution < 1.29 is 0 Å². The Balaban J connectivity index is 2.13. The number of nitrogen functional groups attached to an aromatic ring is 1. The van der Waals surface area contributed by atoms with Gasteiger partial charge in [0.1, 0.15) is 11.3 Å². The molecule has 3 heterocycles. The normalized spacial score (nSPS) is 17.7. The molecule has 1 saturated heterocycles. The average molecular weight is 249 g/mol. The Kier molecular flexibility index (Phi) is 2.66. The van der Waals surface area contributed by atoms with Gasteiger partial charge < -0.3 is 5.73 Å². The molecule has 0 bridgehead atoms. The Labute approximate surface area is 104 Å². The van der Waals surface area contributed by atoms with Crippen LogP contribution in [0.1, 0.15) is 24.7 Å². The number of nitrogens with zero attached hydrogens (tertiary/aromatic N) is 4. The van der Waals surface area contributed by atoms with Crippen LogP contribution in [0.25, 0.3) is 11.2 Å². The van der Waals surface area contributed by atoms with Crippen molar-refractivity contribution in [2.45, 2.75) is 25.8 Å². The van der Waals surface area contributed by atoms with Crippen LogP contribution in [0.3, 0.4) is 0 Å². The van der Waals surface area contributed by atoms with Gasteiger partial charge in [-0.1, -0.05) is 0 Å². The predicted molar refractivity (Wildman–Crippen MR) is 70.1 cm³/mol. The van der Waals surface area contributed by atoms with E-state index in [2.05, 4.69) is 19.5 Å². The van der Waals surface area contributed by atoms with Gasteiger partial charge in [-0.05, 0) is 31.3 Å². The molecule has 1 aliphatic rings. The summed E-state index contributed by atoms with van der Waals surface area (Å²) in [6.07, 6.45) is 4.04. The smallest absolute Gasteiger partial charge is 0.202 e. The lowest BCUT2D eigenvalue weighted by Crippen LogP contribution is -2.17. The van der Waals surface area contributed by atoms with Crippen molar-refractivity contribution in [1.29, 1.82) is 0 Å². The van der Waals surface area contributed by atoms with Crippen molar-refractivity contribution in [3.05, 3.63) is 12.0 Å². The summed E-state index contributed by atoms with van der Waals surface area (Å²) in [5.41, 5.74) is 7.69. The van der Waals surface area contributed by atoms with E-state index in [0.29, 0.717) is 12.0 Å². The number of anilines is 1. The molecule has 0 atom stereocenters. The molecule has 2 aromatic heterocycles. The van der Waals surface area contributed by atoms with Crippen LogP contribution < -0.4 is 5.73 Å². The lowest BCUT2D eigenvalue weighted by molar-refractivity contribution is 0.484. The molecule has 6 heteroatoms. The fourth-order valence-electron chi connectivity index (χ4n) is 2.30. The maximum Gasteiger partial charge on any atom is 0.202 e. The number of aryl methyl sites for hydroxylation is 1. The first-order valence-corrected chi connectivity index (χ1v) is 6.96. The predicted octanol–water partition coefficient (Wildman–Crippen LogP) is 1.79. The lowest BCUT2D eigenvalue weighted by atomic mass is 10.1. The quantitative estimate of drug-likeness (QED) is 0.834. The first-order valence-electron chi connectivity index (χ1n) is 5.80. The molecule has 0 amide bonds. The van der Waals surface area contributed by atoms with Crippen molar-refractivity contribution in [2.24, 2.45) is 0 Å². The lowest BCUT2D eigenvalue weighted by Gasteiger charge is -2.23. The van der Waals surface area contributed by atoms with Gasteiger partial charge in [0.15, 0.2) is 5.65 Å². The minimum atomic E-state index is 0.440. The summed E-state index contributed by atoms with van der Waals surface area (Å²) in [4.78, 5) is 13.0. The molecule has 3 rings (SSSR count). The number of hydrogen-bond donors (Lipinski definition) is 1. The zero-order chi connectivity index (χ0) is 11.8. The second-order valence-corrected chi connectivity index (χ2v) is 5.53. The first-order chi connectivity index (χ1) is 8.25. The molecule has 0 spiro atoms. The zero-order valence-electron chi connectivity index (χ0n) is 9.76. The van der Waals surface area contributed by atoms with E-state index >= 15 is 0 Å². The van der Waals surface area contributed by atoms with E-state index < -0.39 is 0 Å². The largest absolute Gasteiger partial charge is 0.369 e. The van der Waals surface area contributed by atoms with Gasteiger partial charge in [0, 0.05) is 6.04 Å². The molecule has 0 saturated carbocycles. The minimum absolute atomic E-state index is 0.440. The van der Waals surface area contributed by atoms with Gasteiger partial charge in [-0.25, -0.2) is 15.0 Å². The van der Waals surface area contributed by atoms with Gasteiger partial charge in [-0.3, -0.25) is 4.57 Å². The summed E-state index contributed by atoms with van der Waals surface area (Å²) in [5.74, 6) is 3.71. The third-order valence-corrected chi connectivity index (χ3v) is 4.19. The summed E-state index contributed by atoms with van der Waals surface area (Å²) < 4.78 is 2.09. The molecule has 0 aromatic carbocycles. The van der Waals surface area contributed by atoms with Crippen LogP contribution >= 0.6 is 11.8 Å². The summed E-state index contributed by atoms with van der Waals surface area (Å²) in [7, 11) is 0. The zero-order valence-corrected chi connectivity index (χ0v) is 10.6. The molecular formula is C11H15N5S. The molecule has 0 radical (unpaired) electrons. The Morgan fingerprint density at radius 3 is 2.88 bits per heavy atom. The van der Waals surface area contributed by atoms with Crippen molar-refractivity contribution in [1.82, 2.24) is 19.5 Å². The second-order valence-electron chi connectivity index (χ2n) is 4.31. The summed E-state index contributed by atoms with van der Waals surface area (Å²) in [6, 6.07) is 0.440. The fraction of sp³-hybridized carbons (Fsp3) is 0.545. The third kappa shape index (κ3) is 1.86. The second kappa shape index (κ2) is 4.18. The third-order valence-electron chi connectivity index (χ3n) is 3.14. The summed E-state index contributed by atoms with van der Waals surface area (Å²) in [6.45, 7) is 1.89. The van der Waals surface area contributed by atoms with Gasteiger partial charge in [0.25, 0.3) is 0 Å². The Hall–Kier alpha value is -1.30. The van der Waals surface area contributed by atoms with Gasteiger partial charge in [0.05, 0.1) is 6.20 Å². The van der Waals surface area contributed by atoms with Crippen molar-refractivity contribution in [3.8, 4) is 0 Å². The number of thioether (sulfide) groups is 1. The Bertz CT molecular complexity index is 544. The highest BCUT2D eigenvalue weighted by molar-refractivity contribution is 7.99. The summed E-state index contributed by atoms with van der Waals surface area (Å²) in [5, 5.41) is 0. The molecule has 5 nitrogen and oxygen atoms in total. The molecule has 90 valence electrons. The number of fused-ring (bicyclic) bond motifs is 1. The molecule has 0 unspecified atom stereocenters. The minimum Gasteiger partial charge on any atom is -0.369 e. The van der Waals surface area contributed by atoms with Crippen LogP contribution in [0, 0.1) is 6.92 Å². The van der Waals surface area contributed by atoms with Gasteiger partial charge in [-0.2, -0.15) is 11.8 Å². The van der Waals surface area contributed by atoms with Crippen LogP contribution in [0.5, 0.6) is 0 Å². The van der Waals surface area contributed by atoms with E-state index in [0.717, 1.165) is 29.8 Å². The van der Waals surface area contributed by atoms with Crippen molar-refractivity contribution in [3.63, 3.8) is 0 Å². The molecule has 17 heavy (non-hydrogen) atoms. The highest BCUT2D eigenvalue weighted by Gasteiger charge is 2.21. The van der Waals surface area contributed by atoms with Crippen LogP contribution in [0.2, 0.25) is 0 Å². The monoisotopic (exact) mass is 249 g/mol. The van der Waals surface area contributed by atoms with E-state index in [1.54, 1.807) is 6.20 Å². The van der Waals surface area contributed by atoms with Gasteiger partial charge in [-0.15, -0.1) is 0 Å². The number of imidazole rings is 1. The maximum absolute atomic E-state index is 6.01. The topological polar surface area (TPSA) is 69.6 Å². The van der Waals surface area contributed by atoms with E-state index in [1.165, 1.54) is 11.5 Å². The molecule has 2 aromatic rings. The molecule has 1 aliphatic heterocycles. The molecule has 2 N–H and O–H groups in total. The van der Waals surface area contributed by atoms with E-state index in [9.17, 15) is 0 Å². The standard InChI is InChI=1S/C11H15N5S/c1-7-13-6-9-10(14-7)16(11(12)15-9)8-2-4-17-5-3-8/h6,8H,2-5H2,1H3,(H2,12,15). The van der Waals surface area contributed by atoms with E-state index in [1.807, 2.05) is 18.7 Å². The van der Waals surface area contributed by atoms with Crippen LogP contribution in [0.4, 0.5) is 5.95 Å².